The van der Waals surface area contributed by atoms with Crippen LogP contribution in [0.4, 0.5) is 0 Å². The maximum atomic E-state index is 13.1. The fourth-order valence-corrected chi connectivity index (χ4v) is 7.01. The van der Waals surface area contributed by atoms with Crippen molar-refractivity contribution in [3.63, 3.8) is 0 Å². The summed E-state index contributed by atoms with van der Waals surface area (Å²) in [5.74, 6) is -0.969. The molecule has 1 aromatic heterocycles. The van der Waals surface area contributed by atoms with Crippen molar-refractivity contribution in [2.75, 3.05) is 6.61 Å². The van der Waals surface area contributed by atoms with Gasteiger partial charge in [-0.1, -0.05) is 20.8 Å². The number of aliphatic hydroxyl groups excluding tert-OH is 5. The molecule has 0 spiro atoms. The largest absolute Gasteiger partial charge is 0.458 e. The number of esters is 1. The van der Waals surface area contributed by atoms with Gasteiger partial charge in [0.2, 0.25) is 0 Å². The Kier molecular flexibility index (Phi) is 6.15. The summed E-state index contributed by atoms with van der Waals surface area (Å²) in [4.78, 5) is 25.8. The summed E-state index contributed by atoms with van der Waals surface area (Å²) in [6.45, 7) is 6.67. The van der Waals surface area contributed by atoms with Crippen molar-refractivity contribution in [2.24, 2.45) is 11.3 Å². The normalized spacial score (nSPS) is 45.8. The van der Waals surface area contributed by atoms with Crippen molar-refractivity contribution in [1.82, 2.24) is 0 Å². The molecular formula is C25H34O11. The highest BCUT2D eigenvalue weighted by atomic mass is 16.7. The van der Waals surface area contributed by atoms with E-state index < -0.39 is 84.0 Å². The van der Waals surface area contributed by atoms with Gasteiger partial charge >= 0.3 is 11.6 Å². The first-order chi connectivity index (χ1) is 16.9. The molecule has 11 heteroatoms. The molecular weight excluding hydrogens is 476 g/mol. The zero-order valence-corrected chi connectivity index (χ0v) is 20.7. The first kappa shape index (κ1) is 25.8. The number of rotatable bonds is 4. The lowest BCUT2D eigenvalue weighted by Crippen LogP contribution is -2.64. The van der Waals surface area contributed by atoms with E-state index in [2.05, 4.69) is 0 Å². The minimum absolute atomic E-state index is 0.251. The van der Waals surface area contributed by atoms with Gasteiger partial charge in [0.15, 0.2) is 6.29 Å². The average Bonchev–Trinajstić information content (AvgIpc) is 3.11. The standard InChI is InChI=1S/C25H34O11/c1-9(2)19-14-10(7-13(27)35-19)25(4)12(34-22-18(31)17(30)15(28)11(8-26)33-22)5-6-24(3)21(25)20(16(14)29)36-23(24)32/h7,9,11-12,15-18,20-22,26,28-31H,5-6,8H2,1-4H3/t11-,12-,15-,16+,17+,18-,20-,21-,22+,24+,25+/m1/s1. The van der Waals surface area contributed by atoms with Crippen molar-refractivity contribution in [1.29, 1.82) is 0 Å². The van der Waals surface area contributed by atoms with Crippen LogP contribution in [0.15, 0.2) is 15.3 Å². The fraction of sp³-hybridized carbons (Fsp3) is 0.760. The van der Waals surface area contributed by atoms with Gasteiger partial charge in [-0.2, -0.15) is 0 Å². The SMILES string of the molecule is CC(C)c1oc(=O)cc2c1[C@H](O)[C@H]1OC(=O)[C@@]3(C)CC[C@@H](O[C@@H]4O[C@H](CO)[C@@H](O)[C@H](O)[C@H]4O)[C@@]2(C)[C@H]13. The summed E-state index contributed by atoms with van der Waals surface area (Å²) in [6, 6.07) is 1.32. The minimum Gasteiger partial charge on any atom is -0.458 e. The van der Waals surface area contributed by atoms with Crippen LogP contribution in [0.3, 0.4) is 0 Å². The van der Waals surface area contributed by atoms with Crippen LogP contribution in [0, 0.1) is 11.3 Å². The topological polar surface area (TPSA) is 176 Å². The first-order valence-corrected chi connectivity index (χ1v) is 12.4. The van der Waals surface area contributed by atoms with Crippen molar-refractivity contribution < 1.29 is 49.0 Å². The third-order valence-electron chi connectivity index (χ3n) is 8.85. The van der Waals surface area contributed by atoms with E-state index in [1.807, 2.05) is 20.8 Å². The van der Waals surface area contributed by atoms with Gasteiger partial charge in [0.1, 0.15) is 42.4 Å². The summed E-state index contributed by atoms with van der Waals surface area (Å²) in [7, 11) is 0. The number of fused-ring (bicyclic) bond motifs is 2. The van der Waals surface area contributed by atoms with E-state index >= 15 is 0 Å². The Bertz CT molecular complexity index is 1100. The van der Waals surface area contributed by atoms with E-state index in [1.165, 1.54) is 6.07 Å². The van der Waals surface area contributed by atoms with E-state index in [4.69, 9.17) is 18.6 Å². The zero-order chi connectivity index (χ0) is 26.3. The third-order valence-corrected chi connectivity index (χ3v) is 8.85. The Hall–Kier alpha value is -1.86. The molecule has 11 atom stereocenters. The molecule has 2 aliphatic heterocycles. The van der Waals surface area contributed by atoms with E-state index in [0.717, 1.165) is 0 Å². The molecule has 0 amide bonds. The Morgan fingerprint density at radius 2 is 1.81 bits per heavy atom. The second kappa shape index (κ2) is 8.59. The molecule has 1 saturated carbocycles. The minimum atomic E-state index is -1.62. The predicted molar refractivity (Wildman–Crippen MR) is 121 cm³/mol. The quantitative estimate of drug-likeness (QED) is 0.333. The van der Waals surface area contributed by atoms with E-state index in [1.54, 1.807) is 6.92 Å². The summed E-state index contributed by atoms with van der Waals surface area (Å²) in [5, 5.41) is 52.0. The van der Waals surface area contributed by atoms with Crippen molar-refractivity contribution in [2.45, 2.75) is 101 Å². The van der Waals surface area contributed by atoms with E-state index in [0.29, 0.717) is 29.7 Å². The molecule has 0 unspecified atom stereocenters. The van der Waals surface area contributed by atoms with E-state index in [-0.39, 0.29) is 5.92 Å². The van der Waals surface area contributed by atoms with Crippen LogP contribution in [0.25, 0.3) is 0 Å². The van der Waals surface area contributed by atoms with Crippen LogP contribution in [0.5, 0.6) is 0 Å². The highest BCUT2D eigenvalue weighted by Crippen LogP contribution is 2.64. The Labute approximate surface area is 207 Å². The van der Waals surface area contributed by atoms with Gasteiger partial charge in [-0.15, -0.1) is 0 Å². The van der Waals surface area contributed by atoms with Gasteiger partial charge < -0.3 is 44.2 Å². The molecule has 1 aromatic rings. The second-order valence-electron chi connectivity index (χ2n) is 11.3. The molecule has 2 saturated heterocycles. The Balaban J connectivity index is 1.64. The lowest BCUT2D eigenvalue weighted by molar-refractivity contribution is -0.322. The molecule has 3 heterocycles. The zero-order valence-electron chi connectivity index (χ0n) is 20.7. The highest BCUT2D eigenvalue weighted by Gasteiger charge is 2.70. The number of hydrogen-bond acceptors (Lipinski definition) is 11. The summed E-state index contributed by atoms with van der Waals surface area (Å²) in [5.41, 5.74) is -1.75. The number of hydrogen-bond donors (Lipinski definition) is 5. The van der Waals surface area contributed by atoms with Crippen LogP contribution in [0.1, 0.15) is 69.4 Å². The molecule has 2 aliphatic carbocycles. The van der Waals surface area contributed by atoms with Crippen molar-refractivity contribution >= 4 is 5.97 Å². The smallest absolute Gasteiger partial charge is 0.336 e. The maximum Gasteiger partial charge on any atom is 0.336 e. The van der Waals surface area contributed by atoms with Crippen molar-refractivity contribution in [3.8, 4) is 0 Å². The molecule has 11 nitrogen and oxygen atoms in total. The summed E-state index contributed by atoms with van der Waals surface area (Å²) >= 11 is 0. The predicted octanol–water partition coefficient (Wildman–Crippen LogP) is -0.405. The maximum absolute atomic E-state index is 13.1. The molecule has 5 rings (SSSR count). The first-order valence-electron chi connectivity index (χ1n) is 12.4. The fourth-order valence-electron chi connectivity index (χ4n) is 7.01. The van der Waals surface area contributed by atoms with Crippen LogP contribution in [-0.2, 0) is 24.4 Å². The molecule has 0 bridgehead atoms. The van der Waals surface area contributed by atoms with Gasteiger partial charge in [-0.3, -0.25) is 4.79 Å². The lowest BCUT2D eigenvalue weighted by atomic mass is 9.48. The summed E-state index contributed by atoms with van der Waals surface area (Å²) in [6.07, 6.45) is -9.53. The van der Waals surface area contributed by atoms with Crippen molar-refractivity contribution in [3.05, 3.63) is 33.4 Å². The molecule has 5 N–H and O–H groups in total. The van der Waals surface area contributed by atoms with Crippen LogP contribution in [0.2, 0.25) is 0 Å². The lowest BCUT2D eigenvalue weighted by Gasteiger charge is -2.56. The number of carbonyl (C=O) groups excluding carboxylic acids is 1. The van der Waals surface area contributed by atoms with Gasteiger partial charge in [-0.05, 0) is 25.3 Å². The average molecular weight is 511 g/mol. The molecule has 36 heavy (non-hydrogen) atoms. The van der Waals surface area contributed by atoms with Crippen LogP contribution < -0.4 is 5.63 Å². The van der Waals surface area contributed by atoms with Crippen LogP contribution in [-0.4, -0.2) is 81.0 Å². The molecule has 200 valence electrons. The highest BCUT2D eigenvalue weighted by molar-refractivity contribution is 5.81. The number of ether oxygens (including phenoxy) is 3. The number of aliphatic hydroxyl groups is 5. The van der Waals surface area contributed by atoms with Gasteiger partial charge in [-0.25, -0.2) is 4.79 Å². The molecule has 3 fully saturated rings. The molecule has 0 radical (unpaired) electrons. The Morgan fingerprint density at radius 3 is 2.44 bits per heavy atom. The third kappa shape index (κ3) is 3.37. The Morgan fingerprint density at radius 1 is 1.11 bits per heavy atom. The van der Waals surface area contributed by atoms with Gasteiger partial charge in [0.25, 0.3) is 0 Å². The molecule has 4 aliphatic rings. The number of carbonyl (C=O) groups is 1. The molecule has 0 aromatic carbocycles. The second-order valence-corrected chi connectivity index (χ2v) is 11.3. The van der Waals surface area contributed by atoms with Gasteiger partial charge in [0.05, 0.1) is 18.1 Å². The monoisotopic (exact) mass is 510 g/mol. The van der Waals surface area contributed by atoms with Gasteiger partial charge in [0, 0.05) is 28.9 Å². The summed E-state index contributed by atoms with van der Waals surface area (Å²) < 4.78 is 23.1. The van der Waals surface area contributed by atoms with Crippen LogP contribution >= 0.6 is 0 Å². The van der Waals surface area contributed by atoms with E-state index in [9.17, 15) is 35.1 Å².